The molecule has 0 bridgehead atoms. The summed E-state index contributed by atoms with van der Waals surface area (Å²) in [5.74, 6) is 0.100. The molecular weight excluding hydrogens is 509 g/mol. The quantitative estimate of drug-likeness (QED) is 0.344. The smallest absolute Gasteiger partial charge is 0.341 e. The number of nitrogens with zero attached hydrogens (tertiary/aromatic N) is 4. The molecule has 0 atom stereocenters. The SMILES string of the molecule is Cc1cc(C(F)(F)F)nn1CC(=O)N1CCC(c2cnc(-c3cc(C(C)(C)C)cc(C(C)(C)C)c3)s2)CC1. The number of thiazole rings is 1. The Hall–Kier alpha value is -2.68. The Morgan fingerprint density at radius 3 is 2.05 bits per heavy atom. The van der Waals surface area contributed by atoms with Crippen LogP contribution in [-0.2, 0) is 28.3 Å². The molecule has 2 aromatic heterocycles. The first-order valence-corrected chi connectivity index (χ1v) is 13.9. The second kappa shape index (κ2) is 10.1. The second-order valence-electron chi connectivity index (χ2n) is 12.3. The van der Waals surface area contributed by atoms with E-state index in [9.17, 15) is 18.0 Å². The molecule has 9 heteroatoms. The number of benzene rings is 1. The molecular formula is C29H37F3N4OS. The highest BCUT2D eigenvalue weighted by molar-refractivity contribution is 7.15. The number of piperidine rings is 1. The lowest BCUT2D eigenvalue weighted by molar-refractivity contribution is -0.142. The Kier molecular flexibility index (Phi) is 7.55. The van der Waals surface area contributed by atoms with Crippen LogP contribution in [0.2, 0.25) is 0 Å². The molecule has 3 aromatic rings. The zero-order valence-electron chi connectivity index (χ0n) is 23.2. The van der Waals surface area contributed by atoms with Crippen molar-refractivity contribution in [2.45, 2.75) is 90.8 Å². The van der Waals surface area contributed by atoms with Gasteiger partial charge in [0.25, 0.3) is 0 Å². The van der Waals surface area contributed by atoms with Crippen LogP contribution in [0.5, 0.6) is 0 Å². The molecule has 1 aliphatic rings. The molecule has 38 heavy (non-hydrogen) atoms. The van der Waals surface area contributed by atoms with E-state index in [-0.39, 0.29) is 23.3 Å². The van der Waals surface area contributed by atoms with Gasteiger partial charge >= 0.3 is 6.18 Å². The van der Waals surface area contributed by atoms with Crippen LogP contribution in [-0.4, -0.2) is 38.7 Å². The zero-order valence-corrected chi connectivity index (χ0v) is 24.1. The molecule has 0 aliphatic carbocycles. The third-order valence-electron chi connectivity index (χ3n) is 7.24. The predicted octanol–water partition coefficient (Wildman–Crippen LogP) is 7.34. The van der Waals surface area contributed by atoms with Crippen molar-refractivity contribution in [3.8, 4) is 10.6 Å². The molecule has 0 unspecified atom stereocenters. The van der Waals surface area contributed by atoms with E-state index in [1.807, 2.05) is 6.20 Å². The maximum Gasteiger partial charge on any atom is 0.435 e. The first-order valence-electron chi connectivity index (χ1n) is 13.0. The number of aryl methyl sites for hydroxylation is 1. The molecule has 3 heterocycles. The minimum Gasteiger partial charge on any atom is -0.341 e. The number of rotatable bonds is 4. The van der Waals surface area contributed by atoms with Crippen LogP contribution < -0.4 is 0 Å². The van der Waals surface area contributed by atoms with Gasteiger partial charge in [0, 0.05) is 35.4 Å². The molecule has 1 fully saturated rings. The molecule has 0 radical (unpaired) electrons. The predicted molar refractivity (Wildman–Crippen MR) is 145 cm³/mol. The minimum absolute atomic E-state index is 0.0263. The van der Waals surface area contributed by atoms with Gasteiger partial charge in [0.05, 0.1) is 0 Å². The van der Waals surface area contributed by atoms with Crippen molar-refractivity contribution in [1.82, 2.24) is 19.7 Å². The van der Waals surface area contributed by atoms with E-state index in [1.165, 1.54) is 22.9 Å². The molecule has 5 nitrogen and oxygen atoms in total. The molecule has 206 valence electrons. The summed E-state index contributed by atoms with van der Waals surface area (Å²) in [5.41, 5.74) is 3.13. The van der Waals surface area contributed by atoms with Crippen LogP contribution >= 0.6 is 11.3 Å². The molecule has 0 spiro atoms. The lowest BCUT2D eigenvalue weighted by Gasteiger charge is -2.31. The van der Waals surface area contributed by atoms with E-state index in [0.29, 0.717) is 24.7 Å². The van der Waals surface area contributed by atoms with Gasteiger partial charge in [-0.05, 0) is 65.8 Å². The number of amides is 1. The Morgan fingerprint density at radius 2 is 1.55 bits per heavy atom. The topological polar surface area (TPSA) is 51.0 Å². The van der Waals surface area contributed by atoms with Crippen LogP contribution in [0.1, 0.15) is 87.7 Å². The summed E-state index contributed by atoms with van der Waals surface area (Å²) in [7, 11) is 0. The average Bonchev–Trinajstić information content (AvgIpc) is 3.45. The third-order valence-corrected chi connectivity index (χ3v) is 8.45. The fourth-order valence-corrected chi connectivity index (χ4v) is 5.75. The van der Waals surface area contributed by atoms with Gasteiger partial charge in [-0.25, -0.2) is 4.98 Å². The third kappa shape index (κ3) is 6.30. The van der Waals surface area contributed by atoms with Crippen LogP contribution in [0, 0.1) is 6.92 Å². The Bertz CT molecular complexity index is 1270. The van der Waals surface area contributed by atoms with Crippen LogP contribution in [0.15, 0.2) is 30.5 Å². The maximum absolute atomic E-state index is 13.0. The van der Waals surface area contributed by atoms with Gasteiger partial charge in [-0.2, -0.15) is 18.3 Å². The lowest BCUT2D eigenvalue weighted by atomic mass is 9.79. The zero-order chi connectivity index (χ0) is 28.0. The second-order valence-corrected chi connectivity index (χ2v) is 13.4. The normalized spacial score (nSPS) is 15.8. The molecule has 1 aromatic carbocycles. The summed E-state index contributed by atoms with van der Waals surface area (Å²) >= 11 is 1.72. The van der Waals surface area contributed by atoms with Gasteiger partial charge < -0.3 is 4.90 Å². The summed E-state index contributed by atoms with van der Waals surface area (Å²) < 4.78 is 40.0. The average molecular weight is 547 g/mol. The van der Waals surface area contributed by atoms with Gasteiger partial charge in [0.2, 0.25) is 5.91 Å². The number of aromatic nitrogens is 3. The summed E-state index contributed by atoms with van der Waals surface area (Å²) in [6, 6.07) is 7.78. The van der Waals surface area contributed by atoms with Gasteiger partial charge in [-0.15, -0.1) is 11.3 Å². The standard InChI is InChI=1S/C29H37F3N4OS/c1-18-12-24(29(30,31)32)34-36(18)17-25(37)35-10-8-19(9-11-35)23-16-33-26(38-23)20-13-21(27(2,3)4)15-22(14-20)28(5,6)7/h12-16,19H,8-11,17H2,1-7H3. The van der Waals surface area contributed by atoms with Crippen molar-refractivity contribution in [3.05, 3.63) is 57.9 Å². The first-order chi connectivity index (χ1) is 17.5. The number of halogens is 3. The minimum atomic E-state index is -4.52. The monoisotopic (exact) mass is 546 g/mol. The molecule has 1 aliphatic heterocycles. The van der Waals surface area contributed by atoms with Crippen LogP contribution in [0.25, 0.3) is 10.6 Å². The number of hydrogen-bond acceptors (Lipinski definition) is 4. The van der Waals surface area contributed by atoms with Gasteiger partial charge in [-0.1, -0.05) is 47.6 Å². The number of carbonyl (C=O) groups is 1. The number of alkyl halides is 3. The van der Waals surface area contributed by atoms with Crippen molar-refractivity contribution in [1.29, 1.82) is 0 Å². The van der Waals surface area contributed by atoms with Gasteiger partial charge in [0.1, 0.15) is 11.6 Å². The highest BCUT2D eigenvalue weighted by Gasteiger charge is 2.35. The van der Waals surface area contributed by atoms with Crippen LogP contribution in [0.4, 0.5) is 13.2 Å². The van der Waals surface area contributed by atoms with E-state index < -0.39 is 11.9 Å². The Balaban J connectivity index is 1.44. The van der Waals surface area contributed by atoms with E-state index in [4.69, 9.17) is 4.98 Å². The maximum atomic E-state index is 13.0. The fourth-order valence-electron chi connectivity index (χ4n) is 4.68. The number of carbonyl (C=O) groups excluding carboxylic acids is 1. The highest BCUT2D eigenvalue weighted by atomic mass is 32.1. The number of likely N-dealkylation sites (tertiary alicyclic amines) is 1. The molecule has 1 saturated heterocycles. The summed E-state index contributed by atoms with van der Waals surface area (Å²) in [6.07, 6.45) is -0.953. The van der Waals surface area contributed by atoms with Crippen LogP contribution in [0.3, 0.4) is 0 Å². The molecule has 0 saturated carbocycles. The Labute approximate surface area is 227 Å². The van der Waals surface area contributed by atoms with E-state index >= 15 is 0 Å². The summed E-state index contributed by atoms with van der Waals surface area (Å²) in [4.78, 5) is 20.5. The van der Waals surface area contributed by atoms with Crippen molar-refractivity contribution < 1.29 is 18.0 Å². The van der Waals surface area contributed by atoms with E-state index in [2.05, 4.69) is 64.8 Å². The molecule has 1 amide bonds. The van der Waals surface area contributed by atoms with Crippen molar-refractivity contribution in [2.75, 3.05) is 13.1 Å². The van der Waals surface area contributed by atoms with Crippen molar-refractivity contribution in [3.63, 3.8) is 0 Å². The van der Waals surface area contributed by atoms with Gasteiger partial charge in [-0.3, -0.25) is 9.48 Å². The van der Waals surface area contributed by atoms with Crippen molar-refractivity contribution in [2.24, 2.45) is 0 Å². The fraction of sp³-hybridized carbons (Fsp3) is 0.552. The lowest BCUT2D eigenvalue weighted by Crippen LogP contribution is -2.40. The van der Waals surface area contributed by atoms with E-state index in [1.54, 1.807) is 16.2 Å². The first kappa shape index (κ1) is 28.3. The van der Waals surface area contributed by atoms with E-state index in [0.717, 1.165) is 34.2 Å². The van der Waals surface area contributed by atoms with Gasteiger partial charge in [0.15, 0.2) is 5.69 Å². The Morgan fingerprint density at radius 1 is 0.974 bits per heavy atom. The summed E-state index contributed by atoms with van der Waals surface area (Å²) in [5, 5.41) is 4.59. The summed E-state index contributed by atoms with van der Waals surface area (Å²) in [6.45, 7) is 15.8. The van der Waals surface area contributed by atoms with Crippen molar-refractivity contribution >= 4 is 17.2 Å². The largest absolute Gasteiger partial charge is 0.435 e. The molecule has 4 rings (SSSR count). The highest BCUT2D eigenvalue weighted by Crippen LogP contribution is 2.38. The molecule has 0 N–H and O–H groups in total. The number of hydrogen-bond donors (Lipinski definition) is 0.